The second-order valence-corrected chi connectivity index (χ2v) is 8.09. The molecular weight excluding hydrogens is 443 g/mol. The lowest BCUT2D eigenvalue weighted by atomic mass is 10.1. The number of hydrogen-bond donors (Lipinski definition) is 1. The van der Waals surface area contributed by atoms with Crippen LogP contribution in [0.3, 0.4) is 0 Å². The summed E-state index contributed by atoms with van der Waals surface area (Å²) in [5.74, 6) is 0.668. The fourth-order valence-corrected chi connectivity index (χ4v) is 3.15. The van der Waals surface area contributed by atoms with Gasteiger partial charge >= 0.3 is 0 Å². The monoisotopic (exact) mass is 468 g/mol. The molecule has 0 fully saturated rings. The normalized spacial score (nSPS) is 10.6. The van der Waals surface area contributed by atoms with Crippen LogP contribution in [0.4, 0.5) is 5.69 Å². The molecule has 2 aromatic carbocycles. The molecule has 0 saturated heterocycles. The van der Waals surface area contributed by atoms with E-state index < -0.39 is 11.8 Å². The van der Waals surface area contributed by atoms with E-state index in [0.717, 1.165) is 0 Å². The van der Waals surface area contributed by atoms with E-state index in [4.69, 9.17) is 37.4 Å². The Labute approximate surface area is 192 Å². The van der Waals surface area contributed by atoms with Crippen molar-refractivity contribution >= 4 is 40.7 Å². The second kappa shape index (κ2) is 11.1. The molecule has 2 aromatic rings. The van der Waals surface area contributed by atoms with Gasteiger partial charge in [0.25, 0.3) is 5.91 Å². The molecule has 0 aliphatic rings. The molecule has 0 aliphatic heterocycles. The SMILES string of the molecule is COc1ccc(Cl)cc1NC(=O)CN(C)C(=O)c1cc(Cl)c(OCC(C)C)c(OC)c1. The minimum Gasteiger partial charge on any atom is -0.495 e. The Balaban J connectivity index is 2.13. The quantitative estimate of drug-likeness (QED) is 0.573. The Kier molecular flexibility index (Phi) is 8.83. The number of carbonyl (C=O) groups excluding carboxylic acids is 2. The Hall–Kier alpha value is -2.64. The zero-order valence-electron chi connectivity index (χ0n) is 18.1. The molecule has 0 saturated carbocycles. The first-order chi connectivity index (χ1) is 14.7. The van der Waals surface area contributed by atoms with Crippen LogP contribution >= 0.6 is 23.2 Å². The smallest absolute Gasteiger partial charge is 0.254 e. The summed E-state index contributed by atoms with van der Waals surface area (Å²) in [7, 11) is 4.47. The Morgan fingerprint density at radius 1 is 1.06 bits per heavy atom. The van der Waals surface area contributed by atoms with Crippen LogP contribution in [0.15, 0.2) is 30.3 Å². The van der Waals surface area contributed by atoms with Gasteiger partial charge < -0.3 is 24.4 Å². The van der Waals surface area contributed by atoms with Gasteiger partial charge in [-0.3, -0.25) is 9.59 Å². The van der Waals surface area contributed by atoms with Crippen LogP contribution in [0, 0.1) is 5.92 Å². The average Bonchev–Trinajstić information content (AvgIpc) is 2.71. The molecule has 31 heavy (non-hydrogen) atoms. The van der Waals surface area contributed by atoms with E-state index in [1.807, 2.05) is 13.8 Å². The highest BCUT2D eigenvalue weighted by Gasteiger charge is 2.20. The number of halogens is 2. The van der Waals surface area contributed by atoms with Crippen LogP contribution in [0.5, 0.6) is 17.2 Å². The van der Waals surface area contributed by atoms with Gasteiger partial charge in [0.1, 0.15) is 5.75 Å². The molecule has 168 valence electrons. The maximum absolute atomic E-state index is 12.9. The van der Waals surface area contributed by atoms with E-state index in [9.17, 15) is 9.59 Å². The predicted octanol–water partition coefficient (Wildman–Crippen LogP) is 4.76. The van der Waals surface area contributed by atoms with E-state index in [-0.39, 0.29) is 17.1 Å². The van der Waals surface area contributed by atoms with Crippen molar-refractivity contribution in [2.24, 2.45) is 5.92 Å². The number of rotatable bonds is 9. The van der Waals surface area contributed by atoms with E-state index in [2.05, 4.69) is 5.32 Å². The zero-order valence-corrected chi connectivity index (χ0v) is 19.6. The van der Waals surface area contributed by atoms with Crippen molar-refractivity contribution in [1.29, 1.82) is 0 Å². The number of likely N-dealkylation sites (N-methyl/N-ethyl adjacent to an activating group) is 1. The molecule has 0 radical (unpaired) electrons. The highest BCUT2D eigenvalue weighted by atomic mass is 35.5. The van der Waals surface area contributed by atoms with E-state index in [1.54, 1.807) is 18.2 Å². The molecule has 2 rings (SSSR count). The van der Waals surface area contributed by atoms with Gasteiger partial charge in [-0.1, -0.05) is 37.0 Å². The number of ether oxygens (including phenoxy) is 3. The van der Waals surface area contributed by atoms with Crippen molar-refractivity contribution in [3.63, 3.8) is 0 Å². The molecule has 0 unspecified atom stereocenters. The second-order valence-electron chi connectivity index (χ2n) is 7.25. The van der Waals surface area contributed by atoms with Gasteiger partial charge in [-0.15, -0.1) is 0 Å². The Morgan fingerprint density at radius 2 is 1.74 bits per heavy atom. The molecule has 0 aliphatic carbocycles. The number of hydrogen-bond acceptors (Lipinski definition) is 5. The first kappa shape index (κ1) is 24.6. The maximum Gasteiger partial charge on any atom is 0.254 e. The molecule has 9 heteroatoms. The van der Waals surface area contributed by atoms with Crippen molar-refractivity contribution in [2.45, 2.75) is 13.8 Å². The van der Waals surface area contributed by atoms with Gasteiger partial charge in [-0.05, 0) is 36.2 Å². The van der Waals surface area contributed by atoms with Gasteiger partial charge in [0.2, 0.25) is 5.91 Å². The summed E-state index contributed by atoms with van der Waals surface area (Å²) in [6.07, 6.45) is 0. The Morgan fingerprint density at radius 3 is 2.35 bits per heavy atom. The van der Waals surface area contributed by atoms with E-state index in [1.165, 1.54) is 38.3 Å². The predicted molar refractivity (Wildman–Crippen MR) is 122 cm³/mol. The summed E-state index contributed by atoms with van der Waals surface area (Å²) in [6, 6.07) is 7.90. The van der Waals surface area contributed by atoms with E-state index >= 15 is 0 Å². The minimum absolute atomic E-state index is 0.194. The highest BCUT2D eigenvalue weighted by Crippen LogP contribution is 2.37. The van der Waals surface area contributed by atoms with Crippen LogP contribution in [0.1, 0.15) is 24.2 Å². The van der Waals surface area contributed by atoms with Gasteiger partial charge in [-0.25, -0.2) is 0 Å². The van der Waals surface area contributed by atoms with Gasteiger partial charge in [0, 0.05) is 17.6 Å². The number of nitrogens with one attached hydrogen (secondary N) is 1. The Bertz CT molecular complexity index is 950. The lowest BCUT2D eigenvalue weighted by Crippen LogP contribution is -2.35. The van der Waals surface area contributed by atoms with E-state index in [0.29, 0.717) is 40.5 Å². The maximum atomic E-state index is 12.9. The first-order valence-electron chi connectivity index (χ1n) is 9.55. The molecule has 2 amide bonds. The van der Waals surface area contributed by atoms with Gasteiger partial charge in [0.15, 0.2) is 11.5 Å². The van der Waals surface area contributed by atoms with Crippen LogP contribution < -0.4 is 19.5 Å². The van der Waals surface area contributed by atoms with Gasteiger partial charge in [-0.2, -0.15) is 0 Å². The van der Waals surface area contributed by atoms with Gasteiger partial charge in [0.05, 0.1) is 38.1 Å². The lowest BCUT2D eigenvalue weighted by Gasteiger charge is -2.19. The topological polar surface area (TPSA) is 77.1 Å². The number of nitrogens with zero attached hydrogens (tertiary/aromatic N) is 1. The standard InChI is InChI=1S/C22H26Cl2N2O5/c1-13(2)12-31-21-16(24)8-14(9-19(21)30-5)22(28)26(3)11-20(27)25-17-10-15(23)6-7-18(17)29-4/h6-10,13H,11-12H2,1-5H3,(H,25,27). The minimum atomic E-state index is -0.411. The number of benzene rings is 2. The van der Waals surface area contributed by atoms with Crippen molar-refractivity contribution in [2.75, 3.05) is 39.7 Å². The molecule has 0 heterocycles. The summed E-state index contributed by atoms with van der Waals surface area (Å²) >= 11 is 12.3. The number of methoxy groups -OCH3 is 2. The fraction of sp³-hybridized carbons (Fsp3) is 0.364. The molecule has 0 spiro atoms. The zero-order chi connectivity index (χ0) is 23.1. The number of amides is 2. The summed E-state index contributed by atoms with van der Waals surface area (Å²) in [5, 5.41) is 3.40. The molecular formula is C22H26Cl2N2O5. The van der Waals surface area contributed by atoms with Crippen molar-refractivity contribution < 1.29 is 23.8 Å². The van der Waals surface area contributed by atoms with Crippen molar-refractivity contribution in [1.82, 2.24) is 4.90 Å². The molecule has 1 N–H and O–H groups in total. The van der Waals surface area contributed by atoms with Crippen molar-refractivity contribution in [3.05, 3.63) is 45.9 Å². The van der Waals surface area contributed by atoms with Crippen LogP contribution in [-0.4, -0.2) is 51.1 Å². The third-order valence-electron chi connectivity index (χ3n) is 4.20. The third-order valence-corrected chi connectivity index (χ3v) is 4.72. The summed E-state index contributed by atoms with van der Waals surface area (Å²) in [5.41, 5.74) is 0.687. The molecule has 0 bridgehead atoms. The fourth-order valence-electron chi connectivity index (χ4n) is 2.71. The summed E-state index contributed by atoms with van der Waals surface area (Å²) in [6.45, 7) is 4.28. The number of anilines is 1. The van der Waals surface area contributed by atoms with Crippen LogP contribution in [0.2, 0.25) is 10.0 Å². The third kappa shape index (κ3) is 6.67. The largest absolute Gasteiger partial charge is 0.495 e. The summed E-state index contributed by atoms with van der Waals surface area (Å²) < 4.78 is 16.3. The lowest BCUT2D eigenvalue weighted by molar-refractivity contribution is -0.116. The van der Waals surface area contributed by atoms with Crippen LogP contribution in [-0.2, 0) is 4.79 Å². The molecule has 0 atom stereocenters. The molecule has 7 nitrogen and oxygen atoms in total. The number of carbonyl (C=O) groups is 2. The molecule has 0 aromatic heterocycles. The van der Waals surface area contributed by atoms with Crippen LogP contribution in [0.25, 0.3) is 0 Å². The highest BCUT2D eigenvalue weighted by molar-refractivity contribution is 6.32. The van der Waals surface area contributed by atoms with Crippen molar-refractivity contribution in [3.8, 4) is 17.2 Å². The average molecular weight is 469 g/mol. The summed E-state index contributed by atoms with van der Waals surface area (Å²) in [4.78, 5) is 26.6. The first-order valence-corrected chi connectivity index (χ1v) is 10.3.